The molecule has 6 nitrogen and oxygen atoms in total. The van der Waals surface area contributed by atoms with Crippen molar-refractivity contribution in [1.82, 2.24) is 19.3 Å². The van der Waals surface area contributed by atoms with E-state index in [2.05, 4.69) is 15.4 Å². The third kappa shape index (κ3) is 2.30. The van der Waals surface area contributed by atoms with Gasteiger partial charge in [-0.2, -0.15) is 5.10 Å². The number of rotatable bonds is 3. The van der Waals surface area contributed by atoms with Gasteiger partial charge in [-0.3, -0.25) is 9.48 Å². The SMILES string of the molecule is Cn1ncc(C(=O)Nc2ccc3cc[nH]c3c2)c1-n1cccc1. The van der Waals surface area contributed by atoms with Crippen LogP contribution in [-0.2, 0) is 7.05 Å². The van der Waals surface area contributed by atoms with E-state index < -0.39 is 0 Å². The summed E-state index contributed by atoms with van der Waals surface area (Å²) in [6.45, 7) is 0. The van der Waals surface area contributed by atoms with E-state index in [1.54, 1.807) is 10.9 Å². The fraction of sp³-hybridized carbons (Fsp3) is 0.0588. The molecule has 1 aromatic carbocycles. The lowest BCUT2D eigenvalue weighted by molar-refractivity contribution is 0.102. The molecule has 0 saturated carbocycles. The van der Waals surface area contributed by atoms with Crippen molar-refractivity contribution in [3.8, 4) is 5.82 Å². The topological polar surface area (TPSA) is 67.6 Å². The number of hydrogen-bond acceptors (Lipinski definition) is 2. The third-order valence-corrected chi connectivity index (χ3v) is 3.81. The summed E-state index contributed by atoms with van der Waals surface area (Å²) >= 11 is 0. The molecule has 23 heavy (non-hydrogen) atoms. The molecular formula is C17H15N5O. The first-order valence-corrected chi connectivity index (χ1v) is 7.26. The third-order valence-electron chi connectivity index (χ3n) is 3.81. The Labute approximate surface area is 132 Å². The van der Waals surface area contributed by atoms with E-state index in [0.29, 0.717) is 5.56 Å². The van der Waals surface area contributed by atoms with Crippen LogP contribution in [0.5, 0.6) is 0 Å². The maximum absolute atomic E-state index is 12.6. The number of aryl methyl sites for hydroxylation is 1. The lowest BCUT2D eigenvalue weighted by Crippen LogP contribution is -2.14. The molecule has 0 bridgehead atoms. The van der Waals surface area contributed by atoms with Gasteiger partial charge in [0.05, 0.1) is 6.20 Å². The Bertz CT molecular complexity index is 978. The summed E-state index contributed by atoms with van der Waals surface area (Å²) in [4.78, 5) is 15.8. The number of benzene rings is 1. The number of aromatic nitrogens is 4. The molecule has 3 aromatic heterocycles. The molecule has 0 atom stereocenters. The smallest absolute Gasteiger partial charge is 0.261 e. The van der Waals surface area contributed by atoms with Crippen LogP contribution in [0, 0.1) is 0 Å². The molecule has 0 aliphatic heterocycles. The zero-order valence-corrected chi connectivity index (χ0v) is 12.5. The second kappa shape index (κ2) is 5.17. The van der Waals surface area contributed by atoms with Crippen molar-refractivity contribution in [1.29, 1.82) is 0 Å². The van der Waals surface area contributed by atoms with Crippen molar-refractivity contribution in [3.63, 3.8) is 0 Å². The van der Waals surface area contributed by atoms with Gasteiger partial charge in [0.1, 0.15) is 11.4 Å². The minimum absolute atomic E-state index is 0.187. The summed E-state index contributed by atoms with van der Waals surface area (Å²) in [5.41, 5.74) is 2.25. The summed E-state index contributed by atoms with van der Waals surface area (Å²) in [6.07, 6.45) is 7.23. The first-order chi connectivity index (χ1) is 11.2. The average Bonchev–Trinajstić information content (AvgIpc) is 3.26. The second-order valence-corrected chi connectivity index (χ2v) is 5.33. The van der Waals surface area contributed by atoms with Crippen molar-refractivity contribution < 1.29 is 4.79 Å². The summed E-state index contributed by atoms with van der Waals surface area (Å²) < 4.78 is 3.55. The average molecular weight is 305 g/mol. The maximum atomic E-state index is 12.6. The van der Waals surface area contributed by atoms with Crippen molar-refractivity contribution in [3.05, 3.63) is 66.7 Å². The zero-order valence-electron chi connectivity index (χ0n) is 12.5. The van der Waals surface area contributed by atoms with Gasteiger partial charge in [-0.1, -0.05) is 6.07 Å². The highest BCUT2D eigenvalue weighted by Gasteiger charge is 2.17. The molecule has 4 rings (SSSR count). The number of aromatic amines is 1. The van der Waals surface area contributed by atoms with E-state index >= 15 is 0 Å². The highest BCUT2D eigenvalue weighted by molar-refractivity contribution is 6.07. The molecule has 0 saturated heterocycles. The molecule has 4 aromatic rings. The van der Waals surface area contributed by atoms with Crippen LogP contribution in [0.4, 0.5) is 5.69 Å². The fourth-order valence-corrected chi connectivity index (χ4v) is 2.70. The van der Waals surface area contributed by atoms with Crippen LogP contribution in [0.2, 0.25) is 0 Å². The highest BCUT2D eigenvalue weighted by atomic mass is 16.1. The van der Waals surface area contributed by atoms with Crippen LogP contribution in [-0.4, -0.2) is 25.2 Å². The van der Waals surface area contributed by atoms with Gasteiger partial charge in [-0.05, 0) is 35.7 Å². The standard InChI is InChI=1S/C17H15N5O/c1-21-17(22-8-2-3-9-22)14(11-19-21)16(23)20-13-5-4-12-6-7-18-15(12)10-13/h2-11,18H,1H3,(H,20,23). The van der Waals surface area contributed by atoms with Crippen LogP contribution in [0.25, 0.3) is 16.7 Å². The number of H-pyrrole nitrogens is 1. The summed E-state index contributed by atoms with van der Waals surface area (Å²) in [6, 6.07) is 11.6. The quantitative estimate of drug-likeness (QED) is 0.611. The van der Waals surface area contributed by atoms with E-state index in [4.69, 9.17) is 0 Å². The van der Waals surface area contributed by atoms with E-state index in [9.17, 15) is 4.79 Å². The fourth-order valence-electron chi connectivity index (χ4n) is 2.70. The Morgan fingerprint density at radius 3 is 2.87 bits per heavy atom. The summed E-state index contributed by atoms with van der Waals surface area (Å²) in [5.74, 6) is 0.543. The van der Waals surface area contributed by atoms with Gasteiger partial charge in [0.2, 0.25) is 0 Å². The van der Waals surface area contributed by atoms with Crippen LogP contribution >= 0.6 is 0 Å². The molecule has 6 heteroatoms. The second-order valence-electron chi connectivity index (χ2n) is 5.33. The van der Waals surface area contributed by atoms with Crippen molar-refractivity contribution in [2.75, 3.05) is 5.32 Å². The first kappa shape index (κ1) is 13.4. The van der Waals surface area contributed by atoms with Gasteiger partial charge in [-0.25, -0.2) is 0 Å². The number of carbonyl (C=O) groups is 1. The summed E-state index contributed by atoms with van der Waals surface area (Å²) in [7, 11) is 1.82. The predicted molar refractivity (Wildman–Crippen MR) is 88.8 cm³/mol. The molecule has 0 aliphatic rings. The van der Waals surface area contributed by atoms with Crippen molar-refractivity contribution in [2.45, 2.75) is 0 Å². The predicted octanol–water partition coefficient (Wildman–Crippen LogP) is 2.94. The Hall–Kier alpha value is -3.28. The molecule has 2 N–H and O–H groups in total. The largest absolute Gasteiger partial charge is 0.361 e. The molecule has 0 spiro atoms. The van der Waals surface area contributed by atoms with Crippen LogP contribution in [0.3, 0.4) is 0 Å². The number of amides is 1. The number of anilines is 1. The van der Waals surface area contributed by atoms with E-state index in [1.165, 1.54) is 0 Å². The van der Waals surface area contributed by atoms with Crippen molar-refractivity contribution in [2.24, 2.45) is 7.05 Å². The maximum Gasteiger partial charge on any atom is 0.261 e. The number of nitrogens with zero attached hydrogens (tertiary/aromatic N) is 3. The van der Waals surface area contributed by atoms with Gasteiger partial charge < -0.3 is 14.9 Å². The number of hydrogen-bond donors (Lipinski definition) is 2. The van der Waals surface area contributed by atoms with E-state index in [1.807, 2.05) is 66.6 Å². The lowest BCUT2D eigenvalue weighted by atomic mass is 10.2. The lowest BCUT2D eigenvalue weighted by Gasteiger charge is -2.08. The molecule has 0 unspecified atom stereocenters. The van der Waals surface area contributed by atoms with Gasteiger partial charge >= 0.3 is 0 Å². The zero-order chi connectivity index (χ0) is 15.8. The normalized spacial score (nSPS) is 11.0. The number of fused-ring (bicyclic) bond motifs is 1. The molecular weight excluding hydrogens is 290 g/mol. The highest BCUT2D eigenvalue weighted by Crippen LogP contribution is 2.20. The van der Waals surface area contributed by atoms with Gasteiger partial charge in [0.25, 0.3) is 5.91 Å². The van der Waals surface area contributed by atoms with Gasteiger partial charge in [0.15, 0.2) is 0 Å². The summed E-state index contributed by atoms with van der Waals surface area (Å²) in [5, 5.41) is 8.24. The Balaban J connectivity index is 1.67. The van der Waals surface area contributed by atoms with E-state index in [-0.39, 0.29) is 5.91 Å². The monoisotopic (exact) mass is 305 g/mol. The Kier molecular flexibility index (Phi) is 3.01. The molecule has 1 amide bonds. The Morgan fingerprint density at radius 2 is 2.04 bits per heavy atom. The molecule has 0 radical (unpaired) electrons. The molecule has 0 fully saturated rings. The van der Waals surface area contributed by atoms with Gasteiger partial charge in [0, 0.05) is 36.8 Å². The van der Waals surface area contributed by atoms with E-state index in [0.717, 1.165) is 22.4 Å². The minimum atomic E-state index is -0.187. The Morgan fingerprint density at radius 1 is 1.22 bits per heavy atom. The van der Waals surface area contributed by atoms with Crippen LogP contribution in [0.1, 0.15) is 10.4 Å². The van der Waals surface area contributed by atoms with Crippen LogP contribution < -0.4 is 5.32 Å². The van der Waals surface area contributed by atoms with Gasteiger partial charge in [-0.15, -0.1) is 0 Å². The number of carbonyl (C=O) groups excluding carboxylic acids is 1. The minimum Gasteiger partial charge on any atom is -0.361 e. The molecule has 3 heterocycles. The molecule has 114 valence electrons. The molecule has 0 aliphatic carbocycles. The van der Waals surface area contributed by atoms with Crippen molar-refractivity contribution >= 4 is 22.5 Å². The first-order valence-electron chi connectivity index (χ1n) is 7.26. The number of nitrogens with one attached hydrogen (secondary N) is 2. The van der Waals surface area contributed by atoms with Crippen LogP contribution in [0.15, 0.2) is 61.2 Å².